The minimum absolute atomic E-state index is 0.0741. The Balaban J connectivity index is 1.98. The smallest absolute Gasteiger partial charge is 0.255 e. The zero-order valence-corrected chi connectivity index (χ0v) is 10.6. The van der Waals surface area contributed by atoms with Gasteiger partial charge in [-0.25, -0.2) is 0 Å². The van der Waals surface area contributed by atoms with Crippen molar-refractivity contribution in [2.24, 2.45) is 0 Å². The van der Waals surface area contributed by atoms with Gasteiger partial charge in [0.25, 0.3) is 5.91 Å². The van der Waals surface area contributed by atoms with E-state index < -0.39 is 0 Å². The number of hydrogen-bond acceptors (Lipinski definition) is 4. The highest BCUT2D eigenvalue weighted by molar-refractivity contribution is 5.96. The van der Waals surface area contributed by atoms with Gasteiger partial charge in [-0.3, -0.25) is 14.8 Å². The Morgan fingerprint density at radius 1 is 1.37 bits per heavy atom. The molecule has 2 rings (SSSR count). The predicted molar refractivity (Wildman–Crippen MR) is 70.8 cm³/mol. The summed E-state index contributed by atoms with van der Waals surface area (Å²) in [6, 6.07) is 7.08. The van der Waals surface area contributed by atoms with Crippen molar-refractivity contribution in [2.75, 3.05) is 0 Å². The second kappa shape index (κ2) is 5.95. The Bertz CT molecular complexity index is 558. The summed E-state index contributed by atoms with van der Waals surface area (Å²) in [6.45, 7) is 1.89. The van der Waals surface area contributed by atoms with E-state index in [1.54, 1.807) is 6.20 Å². The van der Waals surface area contributed by atoms with Crippen LogP contribution in [0.1, 0.15) is 23.0 Å². The van der Waals surface area contributed by atoms with Crippen LogP contribution >= 0.6 is 0 Å². The molecule has 0 saturated carbocycles. The Kier molecular flexibility index (Phi) is 4.07. The lowest BCUT2D eigenvalue weighted by molar-refractivity contribution is 0.0937. The Labute approximate surface area is 111 Å². The third-order valence-electron chi connectivity index (χ3n) is 2.66. The summed E-state index contributed by atoms with van der Waals surface area (Å²) in [6.07, 6.45) is 5.08. The largest absolute Gasteiger partial charge is 0.505 e. The van der Waals surface area contributed by atoms with Crippen molar-refractivity contribution in [3.63, 3.8) is 0 Å². The number of nitrogens with one attached hydrogen (secondary N) is 1. The molecule has 1 atom stereocenters. The maximum atomic E-state index is 11.9. The molecule has 5 nitrogen and oxygen atoms in total. The molecule has 0 radical (unpaired) electrons. The number of nitrogens with zero attached hydrogens (tertiary/aromatic N) is 2. The summed E-state index contributed by atoms with van der Waals surface area (Å²) in [7, 11) is 0. The third kappa shape index (κ3) is 3.51. The summed E-state index contributed by atoms with van der Waals surface area (Å²) in [5, 5.41) is 12.4. The number of aromatic nitrogens is 2. The van der Waals surface area contributed by atoms with Crippen molar-refractivity contribution in [3.05, 3.63) is 54.1 Å². The van der Waals surface area contributed by atoms with E-state index in [1.807, 2.05) is 25.1 Å². The molecule has 0 aliphatic heterocycles. The second-order valence-corrected chi connectivity index (χ2v) is 4.29. The summed E-state index contributed by atoms with van der Waals surface area (Å²) in [4.78, 5) is 19.9. The Morgan fingerprint density at radius 2 is 2.21 bits per heavy atom. The van der Waals surface area contributed by atoms with Gasteiger partial charge < -0.3 is 10.4 Å². The van der Waals surface area contributed by atoms with Gasteiger partial charge in [0, 0.05) is 30.6 Å². The van der Waals surface area contributed by atoms with Crippen molar-refractivity contribution in [3.8, 4) is 5.75 Å². The molecule has 0 aliphatic carbocycles. The number of rotatable bonds is 4. The molecule has 2 aromatic heterocycles. The van der Waals surface area contributed by atoms with Crippen LogP contribution in [0.5, 0.6) is 5.75 Å². The van der Waals surface area contributed by atoms with Crippen molar-refractivity contribution in [2.45, 2.75) is 19.4 Å². The standard InChI is InChI=1S/C14H15N3O2/c1-10(8-11-4-2-3-6-16-11)17-14(19)12-5-7-15-9-13(12)18/h2-7,9-10,18H,8H2,1H3,(H,17,19). The highest BCUT2D eigenvalue weighted by atomic mass is 16.3. The molecule has 2 heterocycles. The van der Waals surface area contributed by atoms with Crippen LogP contribution in [0, 0.1) is 0 Å². The number of aromatic hydroxyl groups is 1. The van der Waals surface area contributed by atoms with Crippen LogP contribution in [-0.2, 0) is 6.42 Å². The molecular formula is C14H15N3O2. The first-order valence-corrected chi connectivity index (χ1v) is 6.00. The van der Waals surface area contributed by atoms with E-state index in [0.29, 0.717) is 6.42 Å². The topological polar surface area (TPSA) is 75.1 Å². The van der Waals surface area contributed by atoms with Gasteiger partial charge in [0.15, 0.2) is 0 Å². The van der Waals surface area contributed by atoms with Crippen LogP contribution in [-0.4, -0.2) is 27.0 Å². The molecule has 19 heavy (non-hydrogen) atoms. The normalized spacial score (nSPS) is 11.8. The lowest BCUT2D eigenvalue weighted by Gasteiger charge is -2.13. The van der Waals surface area contributed by atoms with Gasteiger partial charge in [0.1, 0.15) is 5.75 Å². The van der Waals surface area contributed by atoms with E-state index in [1.165, 1.54) is 18.5 Å². The van der Waals surface area contributed by atoms with Crippen LogP contribution in [0.15, 0.2) is 42.9 Å². The molecule has 5 heteroatoms. The minimum atomic E-state index is -0.316. The molecule has 2 N–H and O–H groups in total. The van der Waals surface area contributed by atoms with Gasteiger partial charge in [-0.15, -0.1) is 0 Å². The lowest BCUT2D eigenvalue weighted by Crippen LogP contribution is -2.34. The monoisotopic (exact) mass is 257 g/mol. The van der Waals surface area contributed by atoms with E-state index in [9.17, 15) is 9.90 Å². The van der Waals surface area contributed by atoms with Crippen molar-refractivity contribution in [1.29, 1.82) is 0 Å². The Hall–Kier alpha value is -2.43. The van der Waals surface area contributed by atoms with Gasteiger partial charge in [-0.2, -0.15) is 0 Å². The first kappa shape index (κ1) is 13.0. The van der Waals surface area contributed by atoms with Crippen molar-refractivity contribution < 1.29 is 9.90 Å². The van der Waals surface area contributed by atoms with Gasteiger partial charge in [0.2, 0.25) is 0 Å². The summed E-state index contributed by atoms with van der Waals surface area (Å²) in [5.41, 5.74) is 1.14. The highest BCUT2D eigenvalue weighted by Gasteiger charge is 2.13. The Morgan fingerprint density at radius 3 is 2.89 bits per heavy atom. The highest BCUT2D eigenvalue weighted by Crippen LogP contribution is 2.13. The molecule has 2 aromatic rings. The molecule has 0 aromatic carbocycles. The number of hydrogen-bond donors (Lipinski definition) is 2. The number of carbonyl (C=O) groups excluding carboxylic acids is 1. The number of amides is 1. The average molecular weight is 257 g/mol. The van der Waals surface area contributed by atoms with E-state index in [-0.39, 0.29) is 23.3 Å². The molecule has 0 spiro atoms. The maximum Gasteiger partial charge on any atom is 0.255 e. The van der Waals surface area contributed by atoms with Crippen LogP contribution < -0.4 is 5.32 Å². The fourth-order valence-corrected chi connectivity index (χ4v) is 1.76. The zero-order valence-electron chi connectivity index (χ0n) is 10.6. The SMILES string of the molecule is CC(Cc1ccccn1)NC(=O)c1ccncc1O. The molecular weight excluding hydrogens is 242 g/mol. The molecule has 1 amide bonds. The fraction of sp³-hybridized carbons (Fsp3) is 0.214. The molecule has 0 aliphatic rings. The first-order valence-electron chi connectivity index (χ1n) is 6.00. The average Bonchev–Trinajstić information content (AvgIpc) is 2.40. The van der Waals surface area contributed by atoms with Crippen molar-refractivity contribution >= 4 is 5.91 Å². The maximum absolute atomic E-state index is 11.9. The predicted octanol–water partition coefficient (Wildman–Crippen LogP) is 1.54. The van der Waals surface area contributed by atoms with Crippen LogP contribution in [0.3, 0.4) is 0 Å². The van der Waals surface area contributed by atoms with Gasteiger partial charge in [0.05, 0.1) is 11.8 Å². The van der Waals surface area contributed by atoms with E-state index in [4.69, 9.17) is 0 Å². The quantitative estimate of drug-likeness (QED) is 0.871. The van der Waals surface area contributed by atoms with Crippen LogP contribution in [0.4, 0.5) is 0 Å². The molecule has 98 valence electrons. The van der Waals surface area contributed by atoms with E-state index in [2.05, 4.69) is 15.3 Å². The van der Waals surface area contributed by atoms with Crippen LogP contribution in [0.2, 0.25) is 0 Å². The first-order chi connectivity index (χ1) is 9.16. The van der Waals surface area contributed by atoms with E-state index >= 15 is 0 Å². The van der Waals surface area contributed by atoms with Crippen LogP contribution in [0.25, 0.3) is 0 Å². The molecule has 0 bridgehead atoms. The number of pyridine rings is 2. The van der Waals surface area contributed by atoms with Crippen molar-refractivity contribution in [1.82, 2.24) is 15.3 Å². The van der Waals surface area contributed by atoms with Gasteiger partial charge >= 0.3 is 0 Å². The molecule has 1 unspecified atom stereocenters. The summed E-state index contributed by atoms with van der Waals surface area (Å²) < 4.78 is 0. The lowest BCUT2D eigenvalue weighted by atomic mass is 10.1. The minimum Gasteiger partial charge on any atom is -0.505 e. The fourth-order valence-electron chi connectivity index (χ4n) is 1.76. The molecule has 0 fully saturated rings. The van der Waals surface area contributed by atoms with Gasteiger partial charge in [-0.1, -0.05) is 6.07 Å². The second-order valence-electron chi connectivity index (χ2n) is 4.29. The van der Waals surface area contributed by atoms with Gasteiger partial charge in [-0.05, 0) is 25.1 Å². The number of carbonyl (C=O) groups is 1. The zero-order chi connectivity index (χ0) is 13.7. The van der Waals surface area contributed by atoms with E-state index in [0.717, 1.165) is 5.69 Å². The summed E-state index contributed by atoms with van der Waals surface area (Å²) >= 11 is 0. The third-order valence-corrected chi connectivity index (χ3v) is 2.66. The summed E-state index contributed by atoms with van der Waals surface area (Å²) in [5.74, 6) is -0.437. The molecule has 0 saturated heterocycles.